The molecule has 2 heterocycles. The van der Waals surface area contributed by atoms with Gasteiger partial charge in [0.25, 0.3) is 12.4 Å². The molecule has 2 aliphatic heterocycles. The number of rotatable bonds is 8. The molecule has 1 saturated heterocycles. The van der Waals surface area contributed by atoms with E-state index < -0.39 is 0 Å². The molecule has 4 aromatic rings. The first kappa shape index (κ1) is 28.3. The Balaban J connectivity index is 1.18. The number of ether oxygens (including phenoxy) is 1. The lowest BCUT2D eigenvalue weighted by Gasteiger charge is -2.27. The molecule has 7 heteroatoms. The largest absolute Gasteiger partial charge is 0.446 e. The van der Waals surface area contributed by atoms with Crippen LogP contribution in [-0.2, 0) is 14.3 Å². The number of benzene rings is 4. The third-order valence-electron chi connectivity index (χ3n) is 8.62. The first-order valence-corrected chi connectivity index (χ1v) is 16.0. The molecule has 0 unspecified atom stereocenters. The number of hydrogen-bond donors (Lipinski definition) is 0. The van der Waals surface area contributed by atoms with Crippen LogP contribution in [0.4, 0.5) is 11.4 Å². The third kappa shape index (κ3) is 5.38. The van der Waals surface area contributed by atoms with Gasteiger partial charge in [-0.2, -0.15) is 0 Å². The number of fused-ring (bicyclic) bond motifs is 3. The number of carbonyl (C=O) groups is 2. The molecule has 0 radical (unpaired) electrons. The molecule has 7 rings (SSSR count). The van der Waals surface area contributed by atoms with Crippen molar-refractivity contribution in [1.82, 2.24) is 4.90 Å². The van der Waals surface area contributed by atoms with Crippen LogP contribution in [-0.4, -0.2) is 34.4 Å². The van der Waals surface area contributed by atoms with E-state index in [1.165, 1.54) is 56.7 Å². The van der Waals surface area contributed by atoms with E-state index in [4.69, 9.17) is 17.0 Å². The maximum Gasteiger partial charge on any atom is 0.294 e. The van der Waals surface area contributed by atoms with Crippen LogP contribution in [0.2, 0.25) is 0 Å². The summed E-state index contributed by atoms with van der Waals surface area (Å²) in [4.78, 5) is 27.8. The molecule has 0 spiro atoms. The number of nitrogens with zero attached hydrogens (tertiary/aromatic N) is 2. The van der Waals surface area contributed by atoms with Crippen molar-refractivity contribution < 1.29 is 14.3 Å². The lowest BCUT2D eigenvalue weighted by Crippen LogP contribution is -2.30. The van der Waals surface area contributed by atoms with Crippen molar-refractivity contribution in [3.05, 3.63) is 136 Å². The van der Waals surface area contributed by atoms with Gasteiger partial charge in [-0.15, -0.1) is 0 Å². The number of carbonyl (C=O) groups excluding carboxylic acids is 2. The van der Waals surface area contributed by atoms with E-state index in [2.05, 4.69) is 102 Å². The molecule has 0 aromatic heterocycles. The Kier molecular flexibility index (Phi) is 7.90. The van der Waals surface area contributed by atoms with Crippen molar-refractivity contribution in [2.75, 3.05) is 11.6 Å². The highest BCUT2D eigenvalue weighted by molar-refractivity contribution is 8.26. The predicted molar refractivity (Wildman–Crippen MR) is 182 cm³/mol. The molecule has 5 nitrogen and oxygen atoms in total. The van der Waals surface area contributed by atoms with E-state index in [1.54, 1.807) is 0 Å². The quantitative estimate of drug-likeness (QED) is 0.0860. The zero-order valence-electron chi connectivity index (χ0n) is 24.0. The lowest BCUT2D eigenvalue weighted by molar-refractivity contribution is -0.135. The highest BCUT2D eigenvalue weighted by atomic mass is 32.2. The Morgan fingerprint density at radius 1 is 0.886 bits per heavy atom. The molecule has 1 saturated carbocycles. The molecular weight excluding hydrogens is 585 g/mol. The fraction of sp³-hybridized carbons (Fsp3) is 0.162. The standard InChI is InChI=1S/C37H30N2O3S2/c40-24-42-23-38-36(41)35(44-37(38)43)22-26-16-19-34-32(21-26)30-12-7-13-33(30)39(34)29-17-14-25(15-18-29)20-31(27-8-3-1-4-9-27)28-10-5-2-6-11-28/h1-6,8-11,14-22,24,30,33H,7,12-13,23H2/b35-22-/t30-,33-/m0/s1. The monoisotopic (exact) mass is 614 g/mol. The molecule has 0 N–H and O–H groups in total. The van der Waals surface area contributed by atoms with Crippen LogP contribution < -0.4 is 4.90 Å². The number of amides is 1. The van der Waals surface area contributed by atoms with Gasteiger partial charge in [0.2, 0.25) is 0 Å². The van der Waals surface area contributed by atoms with Crippen molar-refractivity contribution >= 4 is 69.8 Å². The Labute approximate surface area is 266 Å². The molecule has 3 aliphatic rings. The zero-order chi connectivity index (χ0) is 30.0. The van der Waals surface area contributed by atoms with Crippen LogP contribution in [0.1, 0.15) is 53.0 Å². The number of thioether (sulfide) groups is 1. The summed E-state index contributed by atoms with van der Waals surface area (Å²) in [5, 5.41) is 0. The molecule has 44 heavy (non-hydrogen) atoms. The topological polar surface area (TPSA) is 49.9 Å². The minimum atomic E-state index is -0.237. The van der Waals surface area contributed by atoms with Gasteiger partial charge in [0.1, 0.15) is 0 Å². The summed E-state index contributed by atoms with van der Waals surface area (Å²) in [6, 6.07) is 36.9. The number of hydrogen-bond acceptors (Lipinski definition) is 6. The molecule has 4 aromatic carbocycles. The van der Waals surface area contributed by atoms with E-state index in [-0.39, 0.29) is 12.6 Å². The summed E-state index contributed by atoms with van der Waals surface area (Å²) in [5.74, 6) is 0.218. The van der Waals surface area contributed by atoms with Gasteiger partial charge < -0.3 is 9.64 Å². The van der Waals surface area contributed by atoms with Gasteiger partial charge in [-0.25, -0.2) is 0 Å². The van der Waals surface area contributed by atoms with Gasteiger partial charge in [-0.05, 0) is 82.6 Å². The summed E-state index contributed by atoms with van der Waals surface area (Å²) >= 11 is 6.57. The first-order valence-electron chi connectivity index (χ1n) is 14.8. The van der Waals surface area contributed by atoms with Gasteiger partial charge in [0.15, 0.2) is 11.1 Å². The average molecular weight is 615 g/mol. The summed E-state index contributed by atoms with van der Waals surface area (Å²) in [7, 11) is 0. The fourth-order valence-electron chi connectivity index (χ4n) is 6.63. The SMILES string of the molecule is O=COCN1C(=O)/C(=C/c2ccc3c(c2)[C@@H]2CCC[C@@H]2N3c2ccc(C=C(c3ccccc3)c3ccccc3)cc2)SC1=S. The predicted octanol–water partition coefficient (Wildman–Crippen LogP) is 8.40. The number of anilines is 2. The Morgan fingerprint density at radius 2 is 1.57 bits per heavy atom. The van der Waals surface area contributed by atoms with Crippen LogP contribution in [0.15, 0.2) is 108 Å². The number of thiocarbonyl (C=S) groups is 1. The van der Waals surface area contributed by atoms with Crippen molar-refractivity contribution in [2.45, 2.75) is 31.2 Å². The fourth-order valence-corrected chi connectivity index (χ4v) is 7.87. The molecule has 2 atom stereocenters. The maximum atomic E-state index is 12.9. The second-order valence-electron chi connectivity index (χ2n) is 11.2. The average Bonchev–Trinajstić information content (AvgIpc) is 3.73. The van der Waals surface area contributed by atoms with Gasteiger partial charge in [0, 0.05) is 23.3 Å². The van der Waals surface area contributed by atoms with E-state index in [1.807, 2.05) is 18.2 Å². The second kappa shape index (κ2) is 12.3. The molecule has 1 amide bonds. The van der Waals surface area contributed by atoms with Crippen LogP contribution in [0.25, 0.3) is 17.7 Å². The summed E-state index contributed by atoms with van der Waals surface area (Å²) in [5.41, 5.74) is 9.48. The van der Waals surface area contributed by atoms with Crippen molar-refractivity contribution in [3.8, 4) is 0 Å². The molecule has 0 bridgehead atoms. The van der Waals surface area contributed by atoms with Crippen molar-refractivity contribution in [1.29, 1.82) is 0 Å². The van der Waals surface area contributed by atoms with Crippen molar-refractivity contribution in [2.24, 2.45) is 0 Å². The van der Waals surface area contributed by atoms with Gasteiger partial charge in [-0.3, -0.25) is 14.5 Å². The first-order chi connectivity index (χ1) is 21.6. The molecule has 1 aliphatic carbocycles. The maximum absolute atomic E-state index is 12.9. The smallest absolute Gasteiger partial charge is 0.294 e. The Morgan fingerprint density at radius 3 is 2.25 bits per heavy atom. The van der Waals surface area contributed by atoms with Crippen LogP contribution >= 0.6 is 24.0 Å². The normalized spacial score (nSPS) is 19.7. The molecule has 218 valence electrons. The van der Waals surface area contributed by atoms with Gasteiger partial charge >= 0.3 is 0 Å². The molecule has 2 fully saturated rings. The van der Waals surface area contributed by atoms with E-state index in [0.717, 1.165) is 24.0 Å². The third-order valence-corrected chi connectivity index (χ3v) is 9.99. The second-order valence-corrected chi connectivity index (χ2v) is 12.9. The lowest BCUT2D eigenvalue weighted by atomic mass is 9.95. The summed E-state index contributed by atoms with van der Waals surface area (Å²) in [6.45, 7) is 0.159. The highest BCUT2D eigenvalue weighted by Gasteiger charge is 2.42. The molecular formula is C37H30N2O3S2. The van der Waals surface area contributed by atoms with Gasteiger partial charge in [0.05, 0.1) is 4.91 Å². The summed E-state index contributed by atoms with van der Waals surface area (Å²) in [6.07, 6.45) is 7.66. The van der Waals surface area contributed by atoms with E-state index >= 15 is 0 Å². The van der Waals surface area contributed by atoms with Gasteiger partial charge in [-0.1, -0.05) is 109 Å². The van der Waals surface area contributed by atoms with E-state index in [9.17, 15) is 9.59 Å². The van der Waals surface area contributed by atoms with Crippen molar-refractivity contribution in [3.63, 3.8) is 0 Å². The highest BCUT2D eigenvalue weighted by Crippen LogP contribution is 2.52. The zero-order valence-corrected chi connectivity index (χ0v) is 25.6. The van der Waals surface area contributed by atoms with Crippen LogP contribution in [0.5, 0.6) is 0 Å². The summed E-state index contributed by atoms with van der Waals surface area (Å²) < 4.78 is 5.17. The Hall–Kier alpha value is -4.46. The van der Waals surface area contributed by atoms with Crippen LogP contribution in [0.3, 0.4) is 0 Å². The van der Waals surface area contributed by atoms with E-state index in [0.29, 0.717) is 27.7 Å². The minimum absolute atomic E-state index is 0.164. The Bertz CT molecular complexity index is 1740. The minimum Gasteiger partial charge on any atom is -0.446 e. The van der Waals surface area contributed by atoms with Crippen LogP contribution in [0, 0.1) is 0 Å².